The number of hydrogen-bond donors (Lipinski definition) is 4. The van der Waals surface area contributed by atoms with E-state index in [1.165, 1.54) is 6.07 Å². The highest BCUT2D eigenvalue weighted by atomic mass is 16.3. The van der Waals surface area contributed by atoms with Crippen LogP contribution < -0.4 is 11.1 Å². The second kappa shape index (κ2) is 4.96. The topological polar surface area (TPSA) is 95.6 Å². The van der Waals surface area contributed by atoms with Crippen LogP contribution in [0, 0.1) is 0 Å². The molecule has 5 heteroatoms. The summed E-state index contributed by atoms with van der Waals surface area (Å²) in [5.41, 5.74) is 5.40. The van der Waals surface area contributed by atoms with Gasteiger partial charge in [0.05, 0.1) is 18.8 Å². The van der Waals surface area contributed by atoms with Crippen molar-refractivity contribution in [2.24, 2.45) is 0 Å². The zero-order valence-corrected chi connectivity index (χ0v) is 9.10. The summed E-state index contributed by atoms with van der Waals surface area (Å²) < 4.78 is 0. The van der Waals surface area contributed by atoms with Gasteiger partial charge in [-0.15, -0.1) is 0 Å². The highest BCUT2D eigenvalue weighted by molar-refractivity contribution is 5.95. The molecule has 0 aliphatic carbocycles. The van der Waals surface area contributed by atoms with Crippen molar-refractivity contribution in [2.75, 3.05) is 18.9 Å². The number of carbonyl (C=O) groups excluding carboxylic acids is 1. The molecule has 0 saturated heterocycles. The molecule has 0 bridgehead atoms. The van der Waals surface area contributed by atoms with Crippen molar-refractivity contribution in [3.63, 3.8) is 0 Å². The molecule has 0 spiro atoms. The monoisotopic (exact) mass is 224 g/mol. The molecule has 0 aromatic heterocycles. The molecule has 0 atom stereocenters. The first-order chi connectivity index (χ1) is 7.50. The minimum atomic E-state index is -1.03. The number of amides is 1. The van der Waals surface area contributed by atoms with Gasteiger partial charge in [-0.3, -0.25) is 4.79 Å². The van der Waals surface area contributed by atoms with Gasteiger partial charge in [0.2, 0.25) is 0 Å². The van der Waals surface area contributed by atoms with Crippen molar-refractivity contribution < 1.29 is 15.0 Å². The van der Waals surface area contributed by atoms with Crippen LogP contribution in [0.4, 0.5) is 5.69 Å². The van der Waals surface area contributed by atoms with Crippen LogP contribution in [0.3, 0.4) is 0 Å². The predicted molar refractivity (Wildman–Crippen MR) is 60.9 cm³/mol. The van der Waals surface area contributed by atoms with Crippen molar-refractivity contribution in [1.29, 1.82) is 0 Å². The fourth-order valence-electron chi connectivity index (χ4n) is 1.16. The average molecular weight is 224 g/mol. The molecule has 1 amide bonds. The summed E-state index contributed by atoms with van der Waals surface area (Å²) in [6.07, 6.45) is 0. The van der Waals surface area contributed by atoms with Crippen molar-refractivity contribution >= 4 is 11.6 Å². The van der Waals surface area contributed by atoms with E-state index in [9.17, 15) is 4.79 Å². The van der Waals surface area contributed by atoms with Crippen LogP contribution in [0.25, 0.3) is 0 Å². The lowest BCUT2D eigenvalue weighted by Gasteiger charge is -2.26. The molecule has 16 heavy (non-hydrogen) atoms. The summed E-state index contributed by atoms with van der Waals surface area (Å²) in [6, 6.07) is 6.49. The third-order valence-corrected chi connectivity index (χ3v) is 2.26. The number of benzene rings is 1. The molecular formula is C11H16N2O3. The van der Waals surface area contributed by atoms with Gasteiger partial charge in [0.15, 0.2) is 0 Å². The van der Waals surface area contributed by atoms with Crippen molar-refractivity contribution in [2.45, 2.75) is 12.5 Å². The molecule has 0 unspecified atom stereocenters. The standard InChI is InChI=1S/C11H16N2O3/c1-11(6-14,7-15)13-10(16)8-3-2-4-9(12)5-8/h2-5,14-15H,6-7,12H2,1H3,(H,13,16). The van der Waals surface area contributed by atoms with Gasteiger partial charge >= 0.3 is 0 Å². The molecule has 0 saturated carbocycles. The van der Waals surface area contributed by atoms with Gasteiger partial charge in [-0.1, -0.05) is 6.07 Å². The smallest absolute Gasteiger partial charge is 0.251 e. The Kier molecular flexibility index (Phi) is 3.87. The fraction of sp³-hybridized carbons (Fsp3) is 0.364. The minimum Gasteiger partial charge on any atom is -0.399 e. The Morgan fingerprint density at radius 3 is 2.56 bits per heavy atom. The van der Waals surface area contributed by atoms with Crippen LogP contribution in [-0.4, -0.2) is 34.9 Å². The molecular weight excluding hydrogens is 208 g/mol. The first kappa shape index (κ1) is 12.5. The maximum Gasteiger partial charge on any atom is 0.251 e. The third-order valence-electron chi connectivity index (χ3n) is 2.26. The van der Waals surface area contributed by atoms with Gasteiger partial charge in [0, 0.05) is 11.3 Å². The molecule has 1 aromatic carbocycles. The Labute approximate surface area is 93.9 Å². The quantitative estimate of drug-likeness (QED) is 0.530. The fourth-order valence-corrected chi connectivity index (χ4v) is 1.16. The Morgan fingerprint density at radius 1 is 1.44 bits per heavy atom. The Bertz CT molecular complexity index is 375. The number of hydrogen-bond acceptors (Lipinski definition) is 4. The number of rotatable bonds is 4. The van der Waals surface area contributed by atoms with Gasteiger partial charge in [0.1, 0.15) is 0 Å². The molecule has 5 nitrogen and oxygen atoms in total. The number of aliphatic hydroxyl groups excluding tert-OH is 2. The van der Waals surface area contributed by atoms with Crippen molar-refractivity contribution in [1.82, 2.24) is 5.32 Å². The van der Waals surface area contributed by atoms with E-state index in [-0.39, 0.29) is 19.1 Å². The number of aliphatic hydroxyl groups is 2. The van der Waals surface area contributed by atoms with Crippen LogP contribution in [0.15, 0.2) is 24.3 Å². The lowest BCUT2D eigenvalue weighted by molar-refractivity contribution is 0.0724. The van der Waals surface area contributed by atoms with Crippen LogP contribution in [0.2, 0.25) is 0 Å². The summed E-state index contributed by atoms with van der Waals surface area (Å²) in [4.78, 5) is 11.7. The van der Waals surface area contributed by atoms with E-state index in [0.29, 0.717) is 11.3 Å². The minimum absolute atomic E-state index is 0.336. The summed E-state index contributed by atoms with van der Waals surface area (Å²) in [5, 5.41) is 20.6. The normalized spacial score (nSPS) is 11.2. The lowest BCUT2D eigenvalue weighted by Crippen LogP contribution is -2.51. The zero-order valence-electron chi connectivity index (χ0n) is 9.10. The molecule has 88 valence electrons. The van der Waals surface area contributed by atoms with E-state index >= 15 is 0 Å². The largest absolute Gasteiger partial charge is 0.399 e. The Morgan fingerprint density at radius 2 is 2.06 bits per heavy atom. The van der Waals surface area contributed by atoms with E-state index in [1.807, 2.05) is 0 Å². The Hall–Kier alpha value is -1.59. The average Bonchev–Trinajstić information content (AvgIpc) is 2.29. The highest BCUT2D eigenvalue weighted by Crippen LogP contribution is 2.09. The summed E-state index contributed by atoms with van der Waals surface area (Å²) in [7, 11) is 0. The predicted octanol–water partition coefficient (Wildman–Crippen LogP) is -0.258. The van der Waals surface area contributed by atoms with Crippen LogP contribution in [0.5, 0.6) is 0 Å². The maximum absolute atomic E-state index is 11.7. The SMILES string of the molecule is CC(CO)(CO)NC(=O)c1cccc(N)c1. The van der Waals surface area contributed by atoms with E-state index < -0.39 is 5.54 Å². The number of nitrogens with one attached hydrogen (secondary N) is 1. The van der Waals surface area contributed by atoms with Gasteiger partial charge in [0.25, 0.3) is 5.91 Å². The van der Waals surface area contributed by atoms with Gasteiger partial charge in [-0.25, -0.2) is 0 Å². The zero-order chi connectivity index (χ0) is 12.2. The first-order valence-corrected chi connectivity index (χ1v) is 4.90. The summed E-state index contributed by atoms with van der Waals surface area (Å²) in [5.74, 6) is -0.377. The van der Waals surface area contributed by atoms with E-state index in [2.05, 4.69) is 5.32 Å². The molecule has 0 aliphatic heterocycles. The lowest BCUT2D eigenvalue weighted by atomic mass is 10.0. The first-order valence-electron chi connectivity index (χ1n) is 4.90. The van der Waals surface area contributed by atoms with Gasteiger partial charge < -0.3 is 21.3 Å². The Balaban J connectivity index is 2.80. The van der Waals surface area contributed by atoms with E-state index in [1.54, 1.807) is 25.1 Å². The van der Waals surface area contributed by atoms with Crippen LogP contribution in [-0.2, 0) is 0 Å². The van der Waals surface area contributed by atoms with E-state index in [4.69, 9.17) is 15.9 Å². The second-order valence-electron chi connectivity index (χ2n) is 3.96. The molecule has 0 radical (unpaired) electrons. The van der Waals surface area contributed by atoms with Crippen LogP contribution in [0.1, 0.15) is 17.3 Å². The molecule has 0 fully saturated rings. The second-order valence-corrected chi connectivity index (χ2v) is 3.96. The number of carbonyl (C=O) groups is 1. The van der Waals surface area contributed by atoms with Crippen LogP contribution >= 0.6 is 0 Å². The van der Waals surface area contributed by atoms with Crippen molar-refractivity contribution in [3.8, 4) is 0 Å². The summed E-state index contributed by atoms with van der Waals surface area (Å²) in [6.45, 7) is 0.881. The molecule has 5 N–H and O–H groups in total. The van der Waals surface area contributed by atoms with Crippen molar-refractivity contribution in [3.05, 3.63) is 29.8 Å². The molecule has 0 aliphatic rings. The number of nitrogen functional groups attached to an aromatic ring is 1. The van der Waals surface area contributed by atoms with E-state index in [0.717, 1.165) is 0 Å². The van der Waals surface area contributed by atoms with Gasteiger partial charge in [-0.05, 0) is 25.1 Å². The third kappa shape index (κ3) is 2.95. The maximum atomic E-state index is 11.7. The highest BCUT2D eigenvalue weighted by Gasteiger charge is 2.24. The number of anilines is 1. The molecule has 0 heterocycles. The molecule has 1 aromatic rings. The number of nitrogens with two attached hydrogens (primary N) is 1. The summed E-state index contributed by atoms with van der Waals surface area (Å²) >= 11 is 0. The molecule has 1 rings (SSSR count). The van der Waals surface area contributed by atoms with Gasteiger partial charge in [-0.2, -0.15) is 0 Å².